The van der Waals surface area contributed by atoms with E-state index in [0.29, 0.717) is 5.75 Å². The minimum atomic E-state index is -0.158. The molecular weight excluding hydrogens is 306 g/mol. The lowest BCUT2D eigenvalue weighted by Gasteiger charge is -2.16. The molecular formula is C14H19N3O2S2. The van der Waals surface area contributed by atoms with Gasteiger partial charge in [0.05, 0.1) is 14.2 Å². The molecule has 7 heteroatoms. The van der Waals surface area contributed by atoms with Gasteiger partial charge in [0.1, 0.15) is 17.3 Å². The SMILES string of the molecule is CCc1nsc(SCC(N)c2cc(OC)ccc2OC)n1. The highest BCUT2D eigenvalue weighted by atomic mass is 32.2. The highest BCUT2D eigenvalue weighted by molar-refractivity contribution is 8.00. The molecule has 0 saturated heterocycles. The fraction of sp³-hybridized carbons (Fsp3) is 0.429. The van der Waals surface area contributed by atoms with Gasteiger partial charge in [-0.15, -0.1) is 0 Å². The lowest BCUT2D eigenvalue weighted by Crippen LogP contribution is -2.14. The fourth-order valence-electron chi connectivity index (χ4n) is 1.82. The second-order valence-corrected chi connectivity index (χ2v) is 6.37. The molecule has 0 aliphatic carbocycles. The maximum atomic E-state index is 6.28. The molecule has 0 saturated carbocycles. The molecule has 0 aliphatic rings. The number of hydrogen-bond donors (Lipinski definition) is 1. The summed E-state index contributed by atoms with van der Waals surface area (Å²) in [5, 5.41) is 0. The Kier molecular flexibility index (Phi) is 5.84. The Balaban J connectivity index is 2.06. The molecule has 0 spiro atoms. The predicted octanol–water partition coefficient (Wildman–Crippen LogP) is 2.91. The van der Waals surface area contributed by atoms with E-state index in [1.165, 1.54) is 11.5 Å². The number of aromatic nitrogens is 2. The van der Waals surface area contributed by atoms with E-state index < -0.39 is 0 Å². The van der Waals surface area contributed by atoms with Crippen molar-refractivity contribution in [3.05, 3.63) is 29.6 Å². The standard InChI is InChI=1S/C14H19N3O2S2/c1-4-13-16-14(21-17-13)20-8-11(15)10-7-9(18-2)5-6-12(10)19-3/h5-7,11H,4,8,15H2,1-3H3. The van der Waals surface area contributed by atoms with Crippen LogP contribution in [0.4, 0.5) is 0 Å². The van der Waals surface area contributed by atoms with Crippen molar-refractivity contribution in [3.63, 3.8) is 0 Å². The molecule has 1 atom stereocenters. The second-order valence-electron chi connectivity index (χ2n) is 4.36. The van der Waals surface area contributed by atoms with E-state index in [9.17, 15) is 0 Å². The molecule has 1 unspecified atom stereocenters. The molecule has 0 aliphatic heterocycles. The lowest BCUT2D eigenvalue weighted by molar-refractivity contribution is 0.396. The van der Waals surface area contributed by atoms with Crippen LogP contribution >= 0.6 is 23.3 Å². The number of thioether (sulfide) groups is 1. The Morgan fingerprint density at radius 3 is 2.76 bits per heavy atom. The minimum Gasteiger partial charge on any atom is -0.497 e. The normalized spacial score (nSPS) is 12.2. The van der Waals surface area contributed by atoms with Gasteiger partial charge in [-0.05, 0) is 29.7 Å². The number of benzene rings is 1. The average Bonchev–Trinajstić information content (AvgIpc) is 3.00. The molecule has 1 heterocycles. The molecule has 21 heavy (non-hydrogen) atoms. The highest BCUT2D eigenvalue weighted by Crippen LogP contribution is 2.32. The molecule has 1 aromatic heterocycles. The fourth-order valence-corrected chi connectivity index (χ4v) is 3.52. The van der Waals surface area contributed by atoms with Gasteiger partial charge in [-0.1, -0.05) is 18.7 Å². The number of ether oxygens (including phenoxy) is 2. The topological polar surface area (TPSA) is 70.3 Å². The van der Waals surface area contributed by atoms with Gasteiger partial charge >= 0.3 is 0 Å². The first kappa shape index (κ1) is 16.1. The van der Waals surface area contributed by atoms with E-state index in [2.05, 4.69) is 9.36 Å². The van der Waals surface area contributed by atoms with Gasteiger partial charge in [0.2, 0.25) is 0 Å². The Hall–Kier alpha value is -1.31. The van der Waals surface area contributed by atoms with Crippen LogP contribution in [0.5, 0.6) is 11.5 Å². The summed E-state index contributed by atoms with van der Waals surface area (Å²) >= 11 is 3.04. The smallest absolute Gasteiger partial charge is 0.170 e. The van der Waals surface area contributed by atoms with Crippen LogP contribution in [0.1, 0.15) is 24.4 Å². The maximum Gasteiger partial charge on any atom is 0.170 e. The zero-order valence-corrected chi connectivity index (χ0v) is 14.0. The van der Waals surface area contributed by atoms with E-state index in [0.717, 1.165) is 33.6 Å². The Morgan fingerprint density at radius 1 is 1.33 bits per heavy atom. The van der Waals surface area contributed by atoms with Gasteiger partial charge in [0, 0.05) is 23.8 Å². The summed E-state index contributed by atoms with van der Waals surface area (Å²) in [5.41, 5.74) is 7.22. The number of nitrogens with zero attached hydrogens (tertiary/aromatic N) is 2. The quantitative estimate of drug-likeness (QED) is 0.789. The third kappa shape index (κ3) is 4.09. The third-order valence-corrected chi connectivity index (χ3v) is 4.98. The molecule has 5 nitrogen and oxygen atoms in total. The van der Waals surface area contributed by atoms with Crippen LogP contribution in [0.25, 0.3) is 0 Å². The van der Waals surface area contributed by atoms with Gasteiger partial charge in [-0.25, -0.2) is 4.98 Å². The third-order valence-electron chi connectivity index (χ3n) is 2.99. The van der Waals surface area contributed by atoms with Gasteiger partial charge in [-0.2, -0.15) is 4.37 Å². The van der Waals surface area contributed by atoms with Gasteiger partial charge < -0.3 is 15.2 Å². The van der Waals surface area contributed by atoms with Crippen molar-refractivity contribution >= 4 is 23.3 Å². The molecule has 2 rings (SSSR count). The number of nitrogens with two attached hydrogens (primary N) is 1. The van der Waals surface area contributed by atoms with E-state index >= 15 is 0 Å². The largest absolute Gasteiger partial charge is 0.497 e. The monoisotopic (exact) mass is 325 g/mol. The number of rotatable bonds is 7. The zero-order chi connectivity index (χ0) is 15.2. The van der Waals surface area contributed by atoms with Crippen molar-refractivity contribution in [2.24, 2.45) is 5.73 Å². The van der Waals surface area contributed by atoms with Crippen LogP contribution in [0.15, 0.2) is 22.5 Å². The van der Waals surface area contributed by atoms with Crippen LogP contribution in [-0.2, 0) is 6.42 Å². The Labute approximate surface area is 133 Å². The highest BCUT2D eigenvalue weighted by Gasteiger charge is 2.15. The van der Waals surface area contributed by atoms with Gasteiger partial charge in [0.25, 0.3) is 0 Å². The van der Waals surface area contributed by atoms with Crippen molar-refractivity contribution in [2.45, 2.75) is 23.7 Å². The molecule has 2 N–H and O–H groups in total. The number of aryl methyl sites for hydroxylation is 1. The van der Waals surface area contributed by atoms with Crippen molar-refractivity contribution < 1.29 is 9.47 Å². The summed E-state index contributed by atoms with van der Waals surface area (Å²) in [4.78, 5) is 4.43. The summed E-state index contributed by atoms with van der Waals surface area (Å²) in [6.45, 7) is 2.04. The van der Waals surface area contributed by atoms with E-state index in [1.807, 2.05) is 25.1 Å². The summed E-state index contributed by atoms with van der Waals surface area (Å²) in [7, 11) is 3.28. The average molecular weight is 325 g/mol. The van der Waals surface area contributed by atoms with Crippen LogP contribution in [0.3, 0.4) is 0 Å². The molecule has 0 radical (unpaired) electrons. The number of hydrogen-bond acceptors (Lipinski definition) is 7. The summed E-state index contributed by atoms with van der Waals surface area (Å²) < 4.78 is 15.8. The minimum absolute atomic E-state index is 0.158. The Morgan fingerprint density at radius 2 is 2.14 bits per heavy atom. The maximum absolute atomic E-state index is 6.28. The summed E-state index contributed by atoms with van der Waals surface area (Å²) in [6, 6.07) is 5.50. The van der Waals surface area contributed by atoms with Crippen molar-refractivity contribution in [1.82, 2.24) is 9.36 Å². The first-order chi connectivity index (χ1) is 10.2. The first-order valence-corrected chi connectivity index (χ1v) is 8.36. The number of methoxy groups -OCH3 is 2. The summed E-state index contributed by atoms with van der Waals surface area (Å²) in [6.07, 6.45) is 0.854. The predicted molar refractivity (Wildman–Crippen MR) is 86.5 cm³/mol. The zero-order valence-electron chi connectivity index (χ0n) is 12.3. The molecule has 1 aromatic carbocycles. The van der Waals surface area contributed by atoms with Crippen molar-refractivity contribution in [2.75, 3.05) is 20.0 Å². The first-order valence-electron chi connectivity index (χ1n) is 6.60. The van der Waals surface area contributed by atoms with Crippen molar-refractivity contribution in [1.29, 1.82) is 0 Å². The lowest BCUT2D eigenvalue weighted by atomic mass is 10.1. The van der Waals surface area contributed by atoms with Crippen LogP contribution in [0.2, 0.25) is 0 Å². The molecule has 0 fully saturated rings. The Bertz CT molecular complexity index is 589. The molecule has 114 valence electrons. The van der Waals surface area contributed by atoms with Gasteiger partial charge in [0.15, 0.2) is 4.34 Å². The van der Waals surface area contributed by atoms with E-state index in [4.69, 9.17) is 15.2 Å². The van der Waals surface area contributed by atoms with Crippen molar-refractivity contribution in [3.8, 4) is 11.5 Å². The molecule has 0 bridgehead atoms. The molecule has 0 amide bonds. The van der Waals surface area contributed by atoms with Gasteiger partial charge in [-0.3, -0.25) is 0 Å². The summed E-state index contributed by atoms with van der Waals surface area (Å²) in [5.74, 6) is 3.14. The van der Waals surface area contributed by atoms with E-state index in [1.54, 1.807) is 26.0 Å². The second kappa shape index (κ2) is 7.63. The van der Waals surface area contributed by atoms with E-state index in [-0.39, 0.29) is 6.04 Å². The van der Waals surface area contributed by atoms with Crippen LogP contribution in [-0.4, -0.2) is 29.3 Å². The van der Waals surface area contributed by atoms with Crippen LogP contribution < -0.4 is 15.2 Å². The van der Waals surface area contributed by atoms with Crippen LogP contribution in [0, 0.1) is 0 Å². The molecule has 2 aromatic rings.